The van der Waals surface area contributed by atoms with Gasteiger partial charge in [0.05, 0.1) is 11.7 Å². The van der Waals surface area contributed by atoms with Crippen molar-refractivity contribution in [3.63, 3.8) is 0 Å². The van der Waals surface area contributed by atoms with Gasteiger partial charge in [0.25, 0.3) is 0 Å². The SMILES string of the molecule is CC1OCCC1N(C)CCOc1ccccc1C#N. The Morgan fingerprint density at radius 1 is 1.47 bits per heavy atom. The van der Waals surface area contributed by atoms with Crippen molar-refractivity contribution in [1.82, 2.24) is 4.90 Å². The molecule has 1 aliphatic heterocycles. The predicted octanol–water partition coefficient (Wildman–Crippen LogP) is 2.05. The summed E-state index contributed by atoms with van der Waals surface area (Å²) in [6, 6.07) is 9.93. The minimum Gasteiger partial charge on any atom is -0.491 e. The van der Waals surface area contributed by atoms with Gasteiger partial charge < -0.3 is 9.47 Å². The lowest BCUT2D eigenvalue weighted by molar-refractivity contribution is 0.0787. The van der Waals surface area contributed by atoms with Crippen LogP contribution in [0.1, 0.15) is 18.9 Å². The first-order chi connectivity index (χ1) is 9.22. The van der Waals surface area contributed by atoms with E-state index in [9.17, 15) is 0 Å². The molecule has 0 spiro atoms. The van der Waals surface area contributed by atoms with E-state index in [-0.39, 0.29) is 6.10 Å². The molecule has 2 unspecified atom stereocenters. The summed E-state index contributed by atoms with van der Waals surface area (Å²) in [6.45, 7) is 4.37. The van der Waals surface area contributed by atoms with E-state index in [1.165, 1.54) is 0 Å². The second-order valence-electron chi connectivity index (χ2n) is 4.87. The van der Waals surface area contributed by atoms with E-state index < -0.39 is 0 Å². The number of hydrogen-bond donors (Lipinski definition) is 0. The number of nitrogens with zero attached hydrogens (tertiary/aromatic N) is 2. The molecular weight excluding hydrogens is 240 g/mol. The number of rotatable bonds is 5. The molecule has 1 aromatic rings. The molecule has 1 heterocycles. The van der Waals surface area contributed by atoms with Gasteiger partial charge in [0.2, 0.25) is 0 Å². The van der Waals surface area contributed by atoms with Crippen LogP contribution in [0, 0.1) is 11.3 Å². The van der Waals surface area contributed by atoms with Crippen molar-refractivity contribution in [3.8, 4) is 11.8 Å². The Hall–Kier alpha value is -1.57. The topological polar surface area (TPSA) is 45.5 Å². The van der Waals surface area contributed by atoms with E-state index in [1.807, 2.05) is 18.2 Å². The minimum absolute atomic E-state index is 0.288. The lowest BCUT2D eigenvalue weighted by Gasteiger charge is -2.26. The number of ether oxygens (including phenoxy) is 2. The second-order valence-corrected chi connectivity index (χ2v) is 4.87. The Morgan fingerprint density at radius 2 is 2.26 bits per heavy atom. The molecule has 4 nitrogen and oxygen atoms in total. The van der Waals surface area contributed by atoms with Gasteiger partial charge in [0.15, 0.2) is 0 Å². The van der Waals surface area contributed by atoms with Gasteiger partial charge in [0.1, 0.15) is 18.4 Å². The van der Waals surface area contributed by atoms with Crippen molar-refractivity contribution in [2.24, 2.45) is 0 Å². The number of benzene rings is 1. The zero-order chi connectivity index (χ0) is 13.7. The molecule has 0 aliphatic carbocycles. The van der Waals surface area contributed by atoms with Crippen molar-refractivity contribution in [3.05, 3.63) is 29.8 Å². The molecule has 0 bridgehead atoms. The van der Waals surface area contributed by atoms with Crippen LogP contribution in [-0.2, 0) is 4.74 Å². The molecule has 1 aliphatic rings. The lowest BCUT2D eigenvalue weighted by Crippen LogP contribution is -2.39. The van der Waals surface area contributed by atoms with Crippen LogP contribution < -0.4 is 4.74 Å². The molecule has 1 saturated heterocycles. The number of likely N-dealkylation sites (N-methyl/N-ethyl adjacent to an activating group) is 1. The highest BCUT2D eigenvalue weighted by Gasteiger charge is 2.27. The molecule has 102 valence electrons. The molecule has 0 amide bonds. The van der Waals surface area contributed by atoms with E-state index in [0.29, 0.717) is 24.0 Å². The zero-order valence-electron chi connectivity index (χ0n) is 11.5. The summed E-state index contributed by atoms with van der Waals surface area (Å²) in [6.07, 6.45) is 1.36. The van der Waals surface area contributed by atoms with Crippen molar-refractivity contribution >= 4 is 0 Å². The second kappa shape index (κ2) is 6.55. The maximum atomic E-state index is 8.98. The standard InChI is InChI=1S/C15H20N2O2/c1-12-14(7-9-18-12)17(2)8-10-19-15-6-4-3-5-13(15)11-16/h3-6,12,14H,7-10H2,1-2H3. The molecule has 2 rings (SSSR count). The van der Waals surface area contributed by atoms with Crippen LogP contribution in [0.3, 0.4) is 0 Å². The van der Waals surface area contributed by atoms with Crippen molar-refractivity contribution < 1.29 is 9.47 Å². The summed E-state index contributed by atoms with van der Waals surface area (Å²) in [7, 11) is 2.09. The van der Waals surface area contributed by atoms with Crippen LogP contribution in [0.15, 0.2) is 24.3 Å². The summed E-state index contributed by atoms with van der Waals surface area (Å²) in [5, 5.41) is 8.98. The fraction of sp³-hybridized carbons (Fsp3) is 0.533. The molecule has 1 aromatic carbocycles. The first kappa shape index (κ1) is 13.9. The molecule has 0 radical (unpaired) electrons. The molecule has 2 atom stereocenters. The minimum atomic E-state index is 0.288. The Morgan fingerprint density at radius 3 is 2.95 bits per heavy atom. The first-order valence-electron chi connectivity index (χ1n) is 6.66. The van der Waals surface area contributed by atoms with Crippen LogP contribution >= 0.6 is 0 Å². The zero-order valence-corrected chi connectivity index (χ0v) is 11.5. The molecule has 0 saturated carbocycles. The maximum absolute atomic E-state index is 8.98. The van der Waals surface area contributed by atoms with E-state index >= 15 is 0 Å². The average Bonchev–Trinajstić information content (AvgIpc) is 2.85. The molecule has 19 heavy (non-hydrogen) atoms. The third-order valence-corrected chi connectivity index (χ3v) is 3.61. The monoisotopic (exact) mass is 260 g/mol. The fourth-order valence-corrected chi connectivity index (χ4v) is 2.45. The highest BCUT2D eigenvalue weighted by molar-refractivity contribution is 5.42. The first-order valence-corrected chi connectivity index (χ1v) is 6.66. The van der Waals surface area contributed by atoms with E-state index in [1.54, 1.807) is 6.07 Å². The van der Waals surface area contributed by atoms with Crippen LogP contribution in [0.2, 0.25) is 0 Å². The number of nitriles is 1. The Labute approximate surface area is 114 Å². The summed E-state index contributed by atoms with van der Waals surface area (Å²) >= 11 is 0. The van der Waals surface area contributed by atoms with Crippen LogP contribution in [0.4, 0.5) is 0 Å². The van der Waals surface area contributed by atoms with Gasteiger partial charge in [-0.15, -0.1) is 0 Å². The highest BCUT2D eigenvalue weighted by Crippen LogP contribution is 2.19. The van der Waals surface area contributed by atoms with Gasteiger partial charge in [-0.1, -0.05) is 12.1 Å². The van der Waals surface area contributed by atoms with Gasteiger partial charge >= 0.3 is 0 Å². The quantitative estimate of drug-likeness (QED) is 0.813. The highest BCUT2D eigenvalue weighted by atomic mass is 16.5. The predicted molar refractivity (Wildman–Crippen MR) is 73.1 cm³/mol. The summed E-state index contributed by atoms with van der Waals surface area (Å²) < 4.78 is 11.3. The Kier molecular flexibility index (Phi) is 4.78. The lowest BCUT2D eigenvalue weighted by atomic mass is 10.1. The van der Waals surface area contributed by atoms with E-state index in [2.05, 4.69) is 24.9 Å². The summed E-state index contributed by atoms with van der Waals surface area (Å²) in [4.78, 5) is 2.27. The maximum Gasteiger partial charge on any atom is 0.137 e. The Balaban J connectivity index is 1.82. The van der Waals surface area contributed by atoms with Crippen LogP contribution in [-0.4, -0.2) is 43.9 Å². The normalized spacial score (nSPS) is 22.4. The van der Waals surface area contributed by atoms with Crippen molar-refractivity contribution in [1.29, 1.82) is 5.26 Å². The number of hydrogen-bond acceptors (Lipinski definition) is 4. The van der Waals surface area contributed by atoms with Crippen molar-refractivity contribution in [2.75, 3.05) is 26.8 Å². The van der Waals surface area contributed by atoms with E-state index in [0.717, 1.165) is 19.6 Å². The summed E-state index contributed by atoms with van der Waals surface area (Å²) in [5.74, 6) is 0.661. The largest absolute Gasteiger partial charge is 0.491 e. The summed E-state index contributed by atoms with van der Waals surface area (Å²) in [5.41, 5.74) is 0.586. The van der Waals surface area contributed by atoms with Crippen LogP contribution in [0.25, 0.3) is 0 Å². The molecule has 0 aromatic heterocycles. The van der Waals surface area contributed by atoms with Gasteiger partial charge in [-0.05, 0) is 32.5 Å². The smallest absolute Gasteiger partial charge is 0.137 e. The third-order valence-electron chi connectivity index (χ3n) is 3.61. The van der Waals surface area contributed by atoms with Gasteiger partial charge in [-0.2, -0.15) is 5.26 Å². The average molecular weight is 260 g/mol. The van der Waals surface area contributed by atoms with Gasteiger partial charge in [-0.25, -0.2) is 0 Å². The Bertz CT molecular complexity index is 456. The molecule has 1 fully saturated rings. The fourth-order valence-electron chi connectivity index (χ4n) is 2.45. The van der Waals surface area contributed by atoms with Crippen molar-refractivity contribution in [2.45, 2.75) is 25.5 Å². The van der Waals surface area contributed by atoms with Gasteiger partial charge in [0, 0.05) is 19.2 Å². The number of para-hydroxylation sites is 1. The van der Waals surface area contributed by atoms with Gasteiger partial charge in [-0.3, -0.25) is 4.90 Å². The van der Waals surface area contributed by atoms with E-state index in [4.69, 9.17) is 14.7 Å². The molecule has 0 N–H and O–H groups in total. The molecule has 4 heteroatoms. The third kappa shape index (κ3) is 3.46. The van der Waals surface area contributed by atoms with Crippen LogP contribution in [0.5, 0.6) is 5.75 Å². The molecular formula is C15H20N2O2.